The number of carbonyl (C=O) groups is 2. The maximum absolute atomic E-state index is 12.4. The second-order valence-corrected chi connectivity index (χ2v) is 5.53. The Hall–Kier alpha value is -1.85. The van der Waals surface area contributed by atoms with Gasteiger partial charge >= 0.3 is 0 Å². The van der Waals surface area contributed by atoms with Crippen LogP contribution in [0.1, 0.15) is 31.0 Å². The average Bonchev–Trinajstić information content (AvgIpc) is 2.85. The summed E-state index contributed by atoms with van der Waals surface area (Å²) in [6, 6.07) is -0.373. The van der Waals surface area contributed by atoms with Crippen molar-refractivity contribution in [3.05, 3.63) is 17.5 Å². The third-order valence-electron chi connectivity index (χ3n) is 4.23. The van der Waals surface area contributed by atoms with Crippen LogP contribution in [0.25, 0.3) is 0 Å². The molecule has 3 heterocycles. The maximum Gasteiger partial charge on any atom is 0.242 e. The summed E-state index contributed by atoms with van der Waals surface area (Å²) >= 11 is 0. The first kappa shape index (κ1) is 13.1. The van der Waals surface area contributed by atoms with E-state index in [-0.39, 0.29) is 17.9 Å². The van der Waals surface area contributed by atoms with E-state index in [9.17, 15) is 9.59 Å². The van der Waals surface area contributed by atoms with Gasteiger partial charge in [-0.1, -0.05) is 0 Å². The van der Waals surface area contributed by atoms with Crippen molar-refractivity contribution in [2.45, 2.75) is 45.2 Å². The molecule has 1 fully saturated rings. The van der Waals surface area contributed by atoms with Crippen LogP contribution in [-0.2, 0) is 29.0 Å². The molecule has 2 amide bonds. The number of piperazine rings is 1. The molecule has 1 N–H and O–H groups in total. The molecule has 108 valence electrons. The molecule has 0 bridgehead atoms. The molecular formula is C14H20N4O2. The van der Waals surface area contributed by atoms with E-state index in [2.05, 4.69) is 10.4 Å². The fourth-order valence-electron chi connectivity index (χ4n) is 3.02. The van der Waals surface area contributed by atoms with Crippen molar-refractivity contribution in [3.63, 3.8) is 0 Å². The highest BCUT2D eigenvalue weighted by Gasteiger charge is 2.30. The highest BCUT2D eigenvalue weighted by molar-refractivity contribution is 5.89. The van der Waals surface area contributed by atoms with Crippen molar-refractivity contribution in [1.82, 2.24) is 20.0 Å². The zero-order valence-electron chi connectivity index (χ0n) is 11.8. The van der Waals surface area contributed by atoms with Gasteiger partial charge in [-0.2, -0.15) is 5.10 Å². The number of amides is 2. The second kappa shape index (κ2) is 5.26. The predicted octanol–water partition coefficient (Wildman–Crippen LogP) is 0.109. The summed E-state index contributed by atoms with van der Waals surface area (Å²) in [5, 5.41) is 7.13. The van der Waals surface area contributed by atoms with Gasteiger partial charge < -0.3 is 10.2 Å². The Kier molecular flexibility index (Phi) is 3.46. The third-order valence-corrected chi connectivity index (χ3v) is 4.23. The first-order valence-corrected chi connectivity index (χ1v) is 7.27. The minimum Gasteiger partial charge on any atom is -0.353 e. The minimum atomic E-state index is -0.373. The lowest BCUT2D eigenvalue weighted by molar-refractivity contribution is -0.142. The summed E-state index contributed by atoms with van der Waals surface area (Å²) in [6.07, 6.45) is 5.49. The van der Waals surface area contributed by atoms with Crippen LogP contribution < -0.4 is 5.32 Å². The van der Waals surface area contributed by atoms with Crippen molar-refractivity contribution >= 4 is 11.8 Å². The van der Waals surface area contributed by atoms with E-state index in [1.807, 2.05) is 10.9 Å². The Balaban J connectivity index is 1.72. The number of nitrogens with zero attached hydrogens (tertiary/aromatic N) is 3. The number of hydrogen-bond acceptors (Lipinski definition) is 3. The number of aromatic nitrogens is 2. The molecule has 1 aromatic heterocycles. The molecule has 0 saturated carbocycles. The van der Waals surface area contributed by atoms with Crippen LogP contribution >= 0.6 is 0 Å². The monoisotopic (exact) mass is 276 g/mol. The molecular weight excluding hydrogens is 256 g/mol. The largest absolute Gasteiger partial charge is 0.353 e. The first-order chi connectivity index (χ1) is 9.66. The van der Waals surface area contributed by atoms with Crippen molar-refractivity contribution < 1.29 is 9.59 Å². The lowest BCUT2D eigenvalue weighted by Gasteiger charge is -2.33. The quantitative estimate of drug-likeness (QED) is 0.833. The Morgan fingerprint density at radius 3 is 3.15 bits per heavy atom. The molecule has 0 spiro atoms. The third kappa shape index (κ3) is 2.30. The Labute approximate surface area is 118 Å². The second-order valence-electron chi connectivity index (χ2n) is 5.53. The van der Waals surface area contributed by atoms with Gasteiger partial charge in [0.15, 0.2) is 0 Å². The van der Waals surface area contributed by atoms with Gasteiger partial charge in [0.2, 0.25) is 11.8 Å². The molecule has 0 radical (unpaired) electrons. The van der Waals surface area contributed by atoms with E-state index in [0.717, 1.165) is 31.4 Å². The van der Waals surface area contributed by atoms with E-state index in [1.165, 1.54) is 5.69 Å². The highest BCUT2D eigenvalue weighted by Crippen LogP contribution is 2.19. The van der Waals surface area contributed by atoms with Crippen molar-refractivity contribution in [1.29, 1.82) is 0 Å². The summed E-state index contributed by atoms with van der Waals surface area (Å²) in [5.41, 5.74) is 2.21. The molecule has 1 unspecified atom stereocenters. The molecule has 0 aromatic carbocycles. The van der Waals surface area contributed by atoms with Gasteiger partial charge in [0.1, 0.15) is 6.04 Å². The first-order valence-electron chi connectivity index (χ1n) is 7.27. The molecule has 6 heteroatoms. The molecule has 1 saturated heterocycles. The Morgan fingerprint density at radius 2 is 2.30 bits per heavy atom. The van der Waals surface area contributed by atoms with Crippen LogP contribution in [-0.4, -0.2) is 45.6 Å². The summed E-state index contributed by atoms with van der Waals surface area (Å²) < 4.78 is 2.01. The standard InChI is InChI=1S/C14H20N4O2/c1-10-14(20)15-5-7-17(10)13(19)8-11-9-16-18-6-3-2-4-12(11)18/h9-10H,2-8H2,1H3,(H,15,20). The lowest BCUT2D eigenvalue weighted by Crippen LogP contribution is -2.56. The maximum atomic E-state index is 12.4. The van der Waals surface area contributed by atoms with Gasteiger partial charge in [0.05, 0.1) is 12.6 Å². The summed E-state index contributed by atoms with van der Waals surface area (Å²) in [5.74, 6) is -0.0460. The molecule has 0 aliphatic carbocycles. The highest BCUT2D eigenvalue weighted by atomic mass is 16.2. The zero-order valence-corrected chi connectivity index (χ0v) is 11.8. The SMILES string of the molecule is CC1C(=O)NCCN1C(=O)Cc1cnn2c1CCCC2. The van der Waals surface area contributed by atoms with Crippen LogP contribution in [0.2, 0.25) is 0 Å². The van der Waals surface area contributed by atoms with Gasteiger partial charge in [0.25, 0.3) is 0 Å². The van der Waals surface area contributed by atoms with E-state index >= 15 is 0 Å². The topological polar surface area (TPSA) is 67.2 Å². The van der Waals surface area contributed by atoms with Gasteiger partial charge in [-0.05, 0) is 26.2 Å². The van der Waals surface area contributed by atoms with Crippen LogP contribution in [0.3, 0.4) is 0 Å². The minimum absolute atomic E-state index is 0.0220. The van der Waals surface area contributed by atoms with Gasteiger partial charge in [0, 0.05) is 30.9 Å². The number of hydrogen-bond donors (Lipinski definition) is 1. The van der Waals surface area contributed by atoms with Crippen molar-refractivity contribution in [2.75, 3.05) is 13.1 Å². The van der Waals surface area contributed by atoms with Crippen molar-refractivity contribution in [2.24, 2.45) is 0 Å². The predicted molar refractivity (Wildman–Crippen MR) is 73.1 cm³/mol. The molecule has 1 aromatic rings. The van der Waals surface area contributed by atoms with E-state index in [0.29, 0.717) is 19.5 Å². The fourth-order valence-corrected chi connectivity index (χ4v) is 3.02. The number of aryl methyl sites for hydroxylation is 1. The van der Waals surface area contributed by atoms with Crippen LogP contribution in [0.5, 0.6) is 0 Å². The molecule has 2 aliphatic heterocycles. The smallest absolute Gasteiger partial charge is 0.242 e. The van der Waals surface area contributed by atoms with Crippen molar-refractivity contribution in [3.8, 4) is 0 Å². The summed E-state index contributed by atoms with van der Waals surface area (Å²) in [6.45, 7) is 3.86. The van der Waals surface area contributed by atoms with Gasteiger partial charge in [-0.25, -0.2) is 0 Å². The summed E-state index contributed by atoms with van der Waals surface area (Å²) in [7, 11) is 0. The molecule has 1 atom stereocenters. The van der Waals surface area contributed by atoms with Gasteiger partial charge in [-0.15, -0.1) is 0 Å². The molecule has 2 aliphatic rings. The van der Waals surface area contributed by atoms with Gasteiger partial charge in [-0.3, -0.25) is 14.3 Å². The van der Waals surface area contributed by atoms with E-state index in [1.54, 1.807) is 11.8 Å². The molecule has 20 heavy (non-hydrogen) atoms. The van der Waals surface area contributed by atoms with Crippen LogP contribution in [0, 0.1) is 0 Å². The van der Waals surface area contributed by atoms with E-state index < -0.39 is 0 Å². The number of rotatable bonds is 2. The Morgan fingerprint density at radius 1 is 1.45 bits per heavy atom. The van der Waals surface area contributed by atoms with E-state index in [4.69, 9.17) is 0 Å². The normalized spacial score (nSPS) is 22.4. The fraction of sp³-hybridized carbons (Fsp3) is 0.643. The average molecular weight is 276 g/mol. The number of fused-ring (bicyclic) bond motifs is 1. The number of carbonyl (C=O) groups excluding carboxylic acids is 2. The molecule has 3 rings (SSSR count). The summed E-state index contributed by atoms with van der Waals surface area (Å²) in [4.78, 5) is 25.7. The Bertz CT molecular complexity index is 537. The number of nitrogens with one attached hydrogen (secondary N) is 1. The lowest BCUT2D eigenvalue weighted by atomic mass is 10.0. The molecule has 6 nitrogen and oxygen atoms in total. The zero-order chi connectivity index (χ0) is 14.1. The van der Waals surface area contributed by atoms with Crippen LogP contribution in [0.15, 0.2) is 6.20 Å². The van der Waals surface area contributed by atoms with Crippen LogP contribution in [0.4, 0.5) is 0 Å².